The van der Waals surface area contributed by atoms with E-state index in [0.717, 1.165) is 31.5 Å². The third-order valence-electron chi connectivity index (χ3n) is 6.56. The van der Waals surface area contributed by atoms with Gasteiger partial charge in [-0.2, -0.15) is 0 Å². The summed E-state index contributed by atoms with van der Waals surface area (Å²) in [6.45, 7) is 2.86. The lowest BCUT2D eigenvalue weighted by Gasteiger charge is -2.27. The molecule has 38 heavy (non-hydrogen) atoms. The Kier molecular flexibility index (Phi) is 9.90. The lowest BCUT2D eigenvalue weighted by molar-refractivity contribution is -0.122. The molecule has 7 heteroatoms. The van der Waals surface area contributed by atoms with Crippen LogP contribution in [0.1, 0.15) is 24.8 Å². The van der Waals surface area contributed by atoms with Crippen molar-refractivity contribution in [3.8, 4) is 11.5 Å². The number of carbonyl (C=O) groups is 1. The Labute approximate surface area is 223 Å². The molecule has 0 aromatic heterocycles. The van der Waals surface area contributed by atoms with Gasteiger partial charge in [-0.25, -0.2) is 4.39 Å². The first-order valence-corrected chi connectivity index (χ1v) is 13.0. The summed E-state index contributed by atoms with van der Waals surface area (Å²) in [5.41, 5.74) is 1.70. The van der Waals surface area contributed by atoms with Crippen molar-refractivity contribution >= 4 is 11.6 Å². The highest BCUT2D eigenvalue weighted by atomic mass is 19.1. The van der Waals surface area contributed by atoms with Crippen molar-refractivity contribution in [1.82, 2.24) is 4.90 Å². The zero-order valence-corrected chi connectivity index (χ0v) is 21.8. The van der Waals surface area contributed by atoms with Gasteiger partial charge in [0.25, 0.3) is 0 Å². The number of nitrogens with zero attached hydrogens (tertiary/aromatic N) is 2. The van der Waals surface area contributed by atoms with Crippen LogP contribution in [0, 0.1) is 11.7 Å². The summed E-state index contributed by atoms with van der Waals surface area (Å²) < 4.78 is 24.8. The number of piperidine rings is 1. The molecule has 0 radical (unpaired) electrons. The van der Waals surface area contributed by atoms with Gasteiger partial charge >= 0.3 is 0 Å². The van der Waals surface area contributed by atoms with Crippen molar-refractivity contribution < 1.29 is 23.8 Å². The number of rotatable bonds is 11. The molecule has 1 atom stereocenters. The van der Waals surface area contributed by atoms with Crippen LogP contribution in [-0.4, -0.2) is 49.2 Å². The maximum atomic E-state index is 13.5. The predicted octanol–water partition coefficient (Wildman–Crippen LogP) is 6.34. The van der Waals surface area contributed by atoms with Crippen molar-refractivity contribution in [2.75, 3.05) is 38.2 Å². The number of hydrogen-bond donors (Lipinski definition) is 1. The Morgan fingerprint density at radius 1 is 0.974 bits per heavy atom. The predicted molar refractivity (Wildman–Crippen MR) is 147 cm³/mol. The molecule has 1 fully saturated rings. The average molecular weight is 519 g/mol. The van der Waals surface area contributed by atoms with Crippen molar-refractivity contribution in [3.05, 3.63) is 102 Å². The molecule has 4 rings (SSSR count). The summed E-state index contributed by atoms with van der Waals surface area (Å²) in [6, 6.07) is 22.7. The van der Waals surface area contributed by atoms with Gasteiger partial charge in [0.2, 0.25) is 5.91 Å². The Bertz CT molecular complexity index is 1180. The number of aliphatic hydroxyl groups is 1. The quantitative estimate of drug-likeness (QED) is 0.300. The summed E-state index contributed by atoms with van der Waals surface area (Å²) in [5.74, 6) is 0.117. The van der Waals surface area contributed by atoms with Gasteiger partial charge in [-0.3, -0.25) is 9.69 Å². The molecule has 0 aliphatic carbocycles. The van der Waals surface area contributed by atoms with Gasteiger partial charge in [0.15, 0.2) is 0 Å². The molecule has 3 aromatic rings. The van der Waals surface area contributed by atoms with Gasteiger partial charge in [0, 0.05) is 12.7 Å². The third-order valence-corrected chi connectivity index (χ3v) is 6.56. The van der Waals surface area contributed by atoms with Crippen LogP contribution >= 0.6 is 0 Å². The van der Waals surface area contributed by atoms with E-state index < -0.39 is 5.92 Å². The molecule has 0 spiro atoms. The molecular formula is C31H35FN2O4. The lowest BCUT2D eigenvalue weighted by Crippen LogP contribution is -2.35. The van der Waals surface area contributed by atoms with Gasteiger partial charge in [0.1, 0.15) is 23.1 Å². The van der Waals surface area contributed by atoms with Crippen LogP contribution in [0.2, 0.25) is 0 Å². The molecular weight excluding hydrogens is 483 g/mol. The van der Waals surface area contributed by atoms with E-state index in [1.165, 1.54) is 18.6 Å². The number of ether oxygens (including phenoxy) is 2. The van der Waals surface area contributed by atoms with Gasteiger partial charge in [-0.1, -0.05) is 36.8 Å². The fourth-order valence-electron chi connectivity index (χ4n) is 4.45. The number of hydrogen-bond acceptors (Lipinski definition) is 5. The van der Waals surface area contributed by atoms with E-state index >= 15 is 0 Å². The number of carbonyl (C=O) groups excluding carboxylic acids is 1. The molecule has 6 nitrogen and oxygen atoms in total. The number of anilines is 1. The van der Waals surface area contributed by atoms with Crippen LogP contribution in [0.4, 0.5) is 10.1 Å². The second kappa shape index (κ2) is 13.7. The van der Waals surface area contributed by atoms with E-state index in [2.05, 4.69) is 4.90 Å². The largest absolute Gasteiger partial charge is 0.511 e. The maximum Gasteiger partial charge on any atom is 0.236 e. The Balaban J connectivity index is 1.43. The van der Waals surface area contributed by atoms with E-state index in [4.69, 9.17) is 9.47 Å². The zero-order chi connectivity index (χ0) is 26.7. The molecule has 200 valence electrons. The fraction of sp³-hybridized carbons (Fsp3) is 0.323. The minimum atomic E-state index is -0.649. The highest BCUT2D eigenvalue weighted by Crippen LogP contribution is 2.25. The Hall–Kier alpha value is -3.68. The zero-order valence-electron chi connectivity index (χ0n) is 21.8. The first kappa shape index (κ1) is 27.4. The van der Waals surface area contributed by atoms with E-state index in [-0.39, 0.29) is 24.1 Å². The monoisotopic (exact) mass is 518 g/mol. The first-order chi connectivity index (χ1) is 18.5. The average Bonchev–Trinajstić information content (AvgIpc) is 2.94. The van der Waals surface area contributed by atoms with Crippen LogP contribution in [0.5, 0.6) is 11.5 Å². The standard InChI is InChI=1S/C31H35FN2O4/c1-33(27-12-16-30(17-13-27)38-29-14-10-26(32)11-15-29)31(36)25(23-37-22-24-8-4-2-5-9-24)20-28(35)21-34-18-6-3-7-19-34/h2,4-5,8-17,20,25,35H,3,6-7,18-19,21-23H2,1H3. The molecule has 1 N–H and O–H groups in total. The van der Waals surface area contributed by atoms with Gasteiger partial charge in [-0.15, -0.1) is 0 Å². The molecule has 1 aliphatic heterocycles. The van der Waals surface area contributed by atoms with Crippen molar-refractivity contribution in [3.63, 3.8) is 0 Å². The molecule has 1 aliphatic rings. The first-order valence-electron chi connectivity index (χ1n) is 13.0. The summed E-state index contributed by atoms with van der Waals surface area (Å²) in [4.78, 5) is 17.3. The summed E-state index contributed by atoms with van der Waals surface area (Å²) in [5, 5.41) is 10.7. The van der Waals surface area contributed by atoms with Crippen LogP contribution in [0.15, 0.2) is 90.7 Å². The van der Waals surface area contributed by atoms with Crippen LogP contribution < -0.4 is 9.64 Å². The summed E-state index contributed by atoms with van der Waals surface area (Å²) in [7, 11) is 1.71. The number of benzene rings is 3. The summed E-state index contributed by atoms with van der Waals surface area (Å²) in [6.07, 6.45) is 5.09. The number of halogens is 1. The van der Waals surface area contributed by atoms with Crippen LogP contribution in [0.3, 0.4) is 0 Å². The topological polar surface area (TPSA) is 62.2 Å². The highest BCUT2D eigenvalue weighted by Gasteiger charge is 2.23. The number of amides is 1. The lowest BCUT2D eigenvalue weighted by atomic mass is 10.1. The Morgan fingerprint density at radius 2 is 1.61 bits per heavy atom. The molecule has 1 saturated heterocycles. The fourth-order valence-corrected chi connectivity index (χ4v) is 4.45. The number of aliphatic hydroxyl groups excluding tert-OH is 1. The molecule has 1 heterocycles. The normalized spacial score (nSPS) is 15.2. The second-order valence-electron chi connectivity index (χ2n) is 9.55. The van der Waals surface area contributed by atoms with Crippen molar-refractivity contribution in [2.24, 2.45) is 5.92 Å². The molecule has 1 amide bonds. The van der Waals surface area contributed by atoms with Crippen molar-refractivity contribution in [2.45, 2.75) is 25.9 Å². The molecule has 3 aromatic carbocycles. The Morgan fingerprint density at radius 3 is 2.26 bits per heavy atom. The van der Waals surface area contributed by atoms with E-state index in [1.54, 1.807) is 54.4 Å². The van der Waals surface area contributed by atoms with E-state index in [1.807, 2.05) is 30.3 Å². The second-order valence-corrected chi connectivity index (χ2v) is 9.55. The van der Waals surface area contributed by atoms with Crippen LogP contribution in [0.25, 0.3) is 0 Å². The third kappa shape index (κ3) is 8.16. The summed E-state index contributed by atoms with van der Waals surface area (Å²) >= 11 is 0. The highest BCUT2D eigenvalue weighted by molar-refractivity contribution is 5.95. The van der Waals surface area contributed by atoms with Crippen molar-refractivity contribution in [1.29, 1.82) is 0 Å². The molecule has 0 bridgehead atoms. The maximum absolute atomic E-state index is 13.5. The molecule has 0 saturated carbocycles. The van der Waals surface area contributed by atoms with E-state index in [0.29, 0.717) is 30.3 Å². The molecule has 1 unspecified atom stereocenters. The van der Waals surface area contributed by atoms with Crippen LogP contribution in [-0.2, 0) is 16.1 Å². The van der Waals surface area contributed by atoms with Gasteiger partial charge in [-0.05, 0) is 86.1 Å². The SMILES string of the molecule is CN(C(=O)C(C=C(O)CN1CCCCC1)COCc1ccccc1)c1ccc(Oc2ccc(F)cc2)cc1. The number of likely N-dealkylation sites (tertiary alicyclic amines) is 1. The van der Waals surface area contributed by atoms with Gasteiger partial charge in [0.05, 0.1) is 25.7 Å². The van der Waals surface area contributed by atoms with Gasteiger partial charge < -0.3 is 19.5 Å². The van der Waals surface area contributed by atoms with E-state index in [9.17, 15) is 14.3 Å². The smallest absolute Gasteiger partial charge is 0.236 e. The minimum Gasteiger partial charge on any atom is -0.511 e. The minimum absolute atomic E-state index is 0.147.